The number of hydrogen-bond donors (Lipinski definition) is 0. The van der Waals surface area contributed by atoms with Gasteiger partial charge < -0.3 is 18.8 Å². The van der Waals surface area contributed by atoms with Gasteiger partial charge in [0.05, 0.1) is 24.4 Å². The minimum absolute atomic E-state index is 0.305. The van der Waals surface area contributed by atoms with Gasteiger partial charge in [-0.05, 0) is 45.4 Å². The maximum atomic E-state index is 5.97. The molecule has 2 aliphatic rings. The van der Waals surface area contributed by atoms with Crippen LogP contribution in [0, 0.1) is 0 Å². The Labute approximate surface area is 157 Å². The summed E-state index contributed by atoms with van der Waals surface area (Å²) in [5.41, 5.74) is 0.487. The van der Waals surface area contributed by atoms with Gasteiger partial charge in [0.25, 0.3) is 0 Å². The Hall–Kier alpha value is -1.34. The predicted molar refractivity (Wildman–Crippen MR) is 104 cm³/mol. The average molecular weight is 359 g/mol. The van der Waals surface area contributed by atoms with E-state index in [1.165, 1.54) is 0 Å². The lowest BCUT2D eigenvalue weighted by atomic mass is 9.89. The van der Waals surface area contributed by atoms with E-state index in [0.717, 1.165) is 44.2 Å². The van der Waals surface area contributed by atoms with Crippen LogP contribution in [0.2, 0.25) is 0 Å². The predicted octanol–water partition coefficient (Wildman–Crippen LogP) is 3.04. The van der Waals surface area contributed by atoms with Crippen molar-refractivity contribution in [3.63, 3.8) is 0 Å². The third-order valence-corrected chi connectivity index (χ3v) is 5.38. The summed E-state index contributed by atoms with van der Waals surface area (Å²) >= 11 is 0. The summed E-state index contributed by atoms with van der Waals surface area (Å²) in [4.78, 5) is 2.37. The Kier molecular flexibility index (Phi) is 6.08. The molecule has 0 atom stereocenters. The van der Waals surface area contributed by atoms with E-state index < -0.39 is 0 Å². The maximum Gasteiger partial charge on any atom is 0.487 e. The van der Waals surface area contributed by atoms with Crippen LogP contribution in [-0.4, -0.2) is 62.7 Å². The average Bonchev–Trinajstić information content (AvgIpc) is 2.82. The fourth-order valence-electron chi connectivity index (χ4n) is 2.95. The zero-order chi connectivity index (χ0) is 18.6. The summed E-state index contributed by atoms with van der Waals surface area (Å²) in [7, 11) is -0.315. The van der Waals surface area contributed by atoms with Crippen LogP contribution in [0.4, 0.5) is 0 Å². The molecule has 26 heavy (non-hydrogen) atoms. The van der Waals surface area contributed by atoms with Gasteiger partial charge in [0, 0.05) is 19.6 Å². The number of rotatable bonds is 6. The van der Waals surface area contributed by atoms with E-state index in [9.17, 15) is 0 Å². The topological polar surface area (TPSA) is 40.2 Å². The molecule has 142 valence electrons. The smallest absolute Gasteiger partial charge is 0.487 e. The van der Waals surface area contributed by atoms with Crippen molar-refractivity contribution in [2.45, 2.75) is 38.9 Å². The van der Waals surface area contributed by atoms with Gasteiger partial charge in [-0.1, -0.05) is 24.2 Å². The first-order chi connectivity index (χ1) is 12.4. The van der Waals surface area contributed by atoms with Crippen molar-refractivity contribution in [3.8, 4) is 5.75 Å². The molecule has 2 fully saturated rings. The first-order valence-electron chi connectivity index (χ1n) is 9.43. The molecular formula is C20H30BNO4. The van der Waals surface area contributed by atoms with Crippen molar-refractivity contribution in [1.82, 2.24) is 4.90 Å². The summed E-state index contributed by atoms with van der Waals surface area (Å²) in [6.45, 7) is 13.5. The number of morpholine rings is 1. The molecule has 0 bridgehead atoms. The molecule has 2 aliphatic heterocycles. The standard InChI is InChI=1S/C20H30BNO4/c1-19(2)20(3,4)26-21(25-19)10-9-17-5-7-18(8-6-17)24-16-13-22-11-14-23-15-12-22/h5-10H,11-16H2,1-4H3/b10-9+. The highest BCUT2D eigenvalue weighted by Gasteiger charge is 2.49. The molecule has 0 N–H and O–H groups in total. The van der Waals surface area contributed by atoms with Gasteiger partial charge in [-0.2, -0.15) is 0 Å². The highest BCUT2D eigenvalue weighted by atomic mass is 16.7. The molecule has 0 aromatic heterocycles. The fraction of sp³-hybridized carbons (Fsp3) is 0.600. The normalized spacial score (nSPS) is 22.8. The molecule has 2 saturated heterocycles. The van der Waals surface area contributed by atoms with E-state index in [4.69, 9.17) is 18.8 Å². The number of hydrogen-bond acceptors (Lipinski definition) is 5. The van der Waals surface area contributed by atoms with Gasteiger partial charge in [-0.15, -0.1) is 0 Å². The molecule has 2 heterocycles. The first-order valence-corrected chi connectivity index (χ1v) is 9.43. The summed E-state index contributed by atoms with van der Waals surface area (Å²) in [5.74, 6) is 2.86. The second-order valence-electron chi connectivity index (χ2n) is 7.86. The van der Waals surface area contributed by atoms with Crippen LogP contribution < -0.4 is 4.74 Å². The molecule has 5 nitrogen and oxygen atoms in total. The van der Waals surface area contributed by atoms with E-state index in [-0.39, 0.29) is 18.3 Å². The first kappa shape index (κ1) is 19.4. The van der Waals surface area contributed by atoms with Crippen molar-refractivity contribution in [3.05, 3.63) is 35.8 Å². The SMILES string of the molecule is CC1(C)OB(/C=C/c2ccc(OCCN3CCOCC3)cc2)OC1(C)C. The Bertz CT molecular complexity index is 593. The monoisotopic (exact) mass is 359 g/mol. The molecule has 0 amide bonds. The van der Waals surface area contributed by atoms with Crippen molar-refractivity contribution in [2.75, 3.05) is 39.5 Å². The lowest BCUT2D eigenvalue weighted by Crippen LogP contribution is -2.41. The zero-order valence-corrected chi connectivity index (χ0v) is 16.4. The Morgan fingerprint density at radius 1 is 1.04 bits per heavy atom. The van der Waals surface area contributed by atoms with Gasteiger partial charge in [-0.25, -0.2) is 0 Å². The van der Waals surface area contributed by atoms with Crippen LogP contribution in [0.1, 0.15) is 33.3 Å². The van der Waals surface area contributed by atoms with Gasteiger partial charge in [-0.3, -0.25) is 4.90 Å². The summed E-state index contributed by atoms with van der Waals surface area (Å²) in [6.07, 6.45) is 2.03. The lowest BCUT2D eigenvalue weighted by Gasteiger charge is -2.32. The van der Waals surface area contributed by atoms with Crippen LogP contribution in [0.25, 0.3) is 6.08 Å². The number of nitrogens with zero attached hydrogens (tertiary/aromatic N) is 1. The van der Waals surface area contributed by atoms with Crippen LogP contribution in [0.3, 0.4) is 0 Å². The number of ether oxygens (including phenoxy) is 2. The second-order valence-corrected chi connectivity index (χ2v) is 7.86. The Morgan fingerprint density at radius 3 is 2.27 bits per heavy atom. The van der Waals surface area contributed by atoms with Gasteiger partial charge in [0.2, 0.25) is 0 Å². The largest absolute Gasteiger partial charge is 0.492 e. The summed E-state index contributed by atoms with van der Waals surface area (Å²) in [5, 5.41) is 0. The van der Waals surface area contributed by atoms with Crippen LogP contribution in [0.15, 0.2) is 30.2 Å². The maximum absolute atomic E-state index is 5.97. The molecular weight excluding hydrogens is 329 g/mol. The van der Waals surface area contributed by atoms with Crippen molar-refractivity contribution >= 4 is 13.2 Å². The molecule has 6 heteroatoms. The van der Waals surface area contributed by atoms with Crippen LogP contribution in [0.5, 0.6) is 5.75 Å². The quantitative estimate of drug-likeness (QED) is 0.731. The van der Waals surface area contributed by atoms with E-state index in [1.807, 2.05) is 36.3 Å². The zero-order valence-electron chi connectivity index (χ0n) is 16.4. The molecule has 1 aromatic carbocycles. The van der Waals surface area contributed by atoms with E-state index in [2.05, 4.69) is 32.6 Å². The van der Waals surface area contributed by atoms with Crippen LogP contribution in [-0.2, 0) is 14.0 Å². The molecule has 0 saturated carbocycles. The van der Waals surface area contributed by atoms with Gasteiger partial charge in [0.15, 0.2) is 0 Å². The van der Waals surface area contributed by atoms with E-state index in [1.54, 1.807) is 0 Å². The molecule has 0 aliphatic carbocycles. The number of benzene rings is 1. The summed E-state index contributed by atoms with van der Waals surface area (Å²) < 4.78 is 23.1. The molecule has 0 radical (unpaired) electrons. The van der Waals surface area contributed by atoms with Crippen molar-refractivity contribution in [1.29, 1.82) is 0 Å². The minimum Gasteiger partial charge on any atom is -0.492 e. The highest BCUT2D eigenvalue weighted by Crippen LogP contribution is 2.37. The molecule has 0 spiro atoms. The highest BCUT2D eigenvalue weighted by molar-refractivity contribution is 6.52. The minimum atomic E-state index is -0.315. The molecule has 1 aromatic rings. The fourth-order valence-corrected chi connectivity index (χ4v) is 2.95. The third kappa shape index (κ3) is 4.89. The van der Waals surface area contributed by atoms with E-state index in [0.29, 0.717) is 6.61 Å². The molecule has 0 unspecified atom stereocenters. The van der Waals surface area contributed by atoms with E-state index >= 15 is 0 Å². The third-order valence-electron chi connectivity index (χ3n) is 5.38. The molecule has 3 rings (SSSR count). The van der Waals surface area contributed by atoms with Crippen molar-refractivity contribution in [2.24, 2.45) is 0 Å². The second kappa shape index (κ2) is 8.13. The van der Waals surface area contributed by atoms with Crippen molar-refractivity contribution < 1.29 is 18.8 Å². The van der Waals surface area contributed by atoms with Gasteiger partial charge >= 0.3 is 7.12 Å². The van der Waals surface area contributed by atoms with Gasteiger partial charge in [0.1, 0.15) is 12.4 Å². The Morgan fingerprint density at radius 2 is 1.65 bits per heavy atom. The van der Waals surface area contributed by atoms with Crippen LogP contribution >= 0.6 is 0 Å². The Balaban J connectivity index is 1.45. The summed E-state index contributed by atoms with van der Waals surface area (Å²) in [6, 6.07) is 8.10. The lowest BCUT2D eigenvalue weighted by molar-refractivity contribution is 0.00578.